The van der Waals surface area contributed by atoms with E-state index in [0.717, 1.165) is 11.1 Å². The minimum Gasteiger partial charge on any atom is -0.445 e. The molecule has 8 heteroatoms. The molecule has 0 heterocycles. The lowest BCUT2D eigenvalue weighted by molar-refractivity contribution is -0.0328. The van der Waals surface area contributed by atoms with Crippen molar-refractivity contribution in [1.29, 1.82) is 0 Å². The largest absolute Gasteiger partial charge is 0.445 e. The Morgan fingerprint density at radius 2 is 0.729 bits per heavy atom. The fourth-order valence-electron chi connectivity index (χ4n) is 3.82. The van der Waals surface area contributed by atoms with Crippen LogP contribution in [-0.4, -0.2) is 52.1 Å². The third kappa shape index (κ3) is 18.3. The Morgan fingerprint density at radius 3 is 1.04 bits per heavy atom. The fraction of sp³-hybridized carbons (Fsp3) is 0.150. The van der Waals surface area contributed by atoms with Gasteiger partial charge in [-0.2, -0.15) is 0 Å². The predicted octanol–water partition coefficient (Wildman–Crippen LogP) is 8.23. The van der Waals surface area contributed by atoms with Crippen molar-refractivity contribution in [2.45, 2.75) is 0 Å². The van der Waals surface area contributed by atoms with Crippen LogP contribution in [0.5, 0.6) is 0 Å². The van der Waals surface area contributed by atoms with Gasteiger partial charge in [-0.05, 0) is 34.4 Å². The van der Waals surface area contributed by atoms with E-state index in [1.54, 1.807) is 12.2 Å². The maximum Gasteiger partial charge on any atom is 0.408 e. The molecule has 0 aromatic heterocycles. The molecule has 8 nitrogen and oxygen atoms in total. The van der Waals surface area contributed by atoms with Gasteiger partial charge in [0.25, 0.3) is 0 Å². The summed E-state index contributed by atoms with van der Waals surface area (Å²) in [5.41, 5.74) is 4.39. The molecule has 4 aromatic rings. The van der Waals surface area contributed by atoms with E-state index in [-0.39, 0.29) is 19.9 Å². The minimum atomic E-state index is -0.628. The van der Waals surface area contributed by atoms with Gasteiger partial charge < -0.3 is 29.6 Å². The van der Waals surface area contributed by atoms with Crippen LogP contribution >= 0.6 is 0 Å². The first-order valence-electron chi connectivity index (χ1n) is 15.5. The van der Waals surface area contributed by atoms with E-state index >= 15 is 0 Å². The van der Waals surface area contributed by atoms with Gasteiger partial charge in [0.1, 0.15) is 20.0 Å². The van der Waals surface area contributed by atoms with Crippen molar-refractivity contribution < 1.29 is 28.5 Å². The number of carbonyl (C=O) groups excluding carboxylic acids is 2. The van der Waals surface area contributed by atoms with Gasteiger partial charge in [-0.1, -0.05) is 158 Å². The lowest BCUT2D eigenvalue weighted by Crippen LogP contribution is -2.37. The van der Waals surface area contributed by atoms with Crippen LogP contribution in [0.4, 0.5) is 9.59 Å². The van der Waals surface area contributed by atoms with E-state index in [1.807, 2.05) is 134 Å². The number of amides is 2. The molecule has 0 radical (unpaired) electrons. The molecule has 4 aromatic carbocycles. The van der Waals surface area contributed by atoms with Gasteiger partial charge in [-0.25, -0.2) is 9.59 Å². The average molecular weight is 647 g/mol. The molecule has 0 saturated heterocycles. The minimum absolute atomic E-state index is 0.0809. The molecule has 0 unspecified atom stereocenters. The van der Waals surface area contributed by atoms with Crippen LogP contribution in [0.1, 0.15) is 22.3 Å². The van der Waals surface area contributed by atoms with Crippen LogP contribution in [-0.2, 0) is 18.9 Å². The number of benzene rings is 4. The summed E-state index contributed by atoms with van der Waals surface area (Å²) in [7, 11) is 0. The number of hydrogen-bond acceptors (Lipinski definition) is 6. The first-order valence-corrected chi connectivity index (χ1v) is 15.5. The number of hydrogen-bond donors (Lipinski definition) is 2. The van der Waals surface area contributed by atoms with Crippen LogP contribution in [0.3, 0.4) is 0 Å². The topological polar surface area (TPSA) is 95.1 Å². The van der Waals surface area contributed by atoms with Crippen LogP contribution < -0.4 is 10.6 Å². The van der Waals surface area contributed by atoms with Gasteiger partial charge in [0.15, 0.2) is 0 Å². The summed E-state index contributed by atoms with van der Waals surface area (Å²) in [5, 5.41) is 4.81. The summed E-state index contributed by atoms with van der Waals surface area (Å²) in [4.78, 5) is 23.0. The average Bonchev–Trinajstić information content (AvgIpc) is 3.13. The summed E-state index contributed by atoms with van der Waals surface area (Å²) in [5.74, 6) is 0. The predicted molar refractivity (Wildman–Crippen MR) is 193 cm³/mol. The SMILES string of the molecule is C(=C\c1ccccc1)/COCOC/C=C/c1ccccc1.O=C(NCNC(=O)OC/C=C/c1ccccc1)OC/C=C/c1ccccc1. The fourth-order valence-corrected chi connectivity index (χ4v) is 3.82. The molecule has 0 bridgehead atoms. The van der Waals surface area contributed by atoms with E-state index in [1.165, 1.54) is 11.1 Å². The second-order valence-electron chi connectivity index (χ2n) is 9.84. The van der Waals surface area contributed by atoms with Crippen molar-refractivity contribution in [3.8, 4) is 0 Å². The van der Waals surface area contributed by atoms with E-state index < -0.39 is 12.2 Å². The van der Waals surface area contributed by atoms with Crippen molar-refractivity contribution in [1.82, 2.24) is 10.6 Å². The Balaban J connectivity index is 0.000000269. The molecule has 2 amide bonds. The number of nitrogens with one attached hydrogen (secondary N) is 2. The molecule has 0 fully saturated rings. The van der Waals surface area contributed by atoms with Crippen LogP contribution in [0.25, 0.3) is 24.3 Å². The molecule has 0 spiro atoms. The van der Waals surface area contributed by atoms with Crippen molar-refractivity contribution in [3.63, 3.8) is 0 Å². The smallest absolute Gasteiger partial charge is 0.408 e. The van der Waals surface area contributed by atoms with Crippen molar-refractivity contribution in [3.05, 3.63) is 168 Å². The second kappa shape index (κ2) is 24.5. The van der Waals surface area contributed by atoms with Crippen LogP contribution in [0.15, 0.2) is 146 Å². The Morgan fingerprint density at radius 1 is 0.438 bits per heavy atom. The highest BCUT2D eigenvalue weighted by Gasteiger charge is 2.03. The summed E-state index contributed by atoms with van der Waals surface area (Å²) in [6.07, 6.45) is 14.0. The zero-order valence-electron chi connectivity index (χ0n) is 26.9. The number of alkyl carbamates (subject to hydrolysis) is 2. The lowest BCUT2D eigenvalue weighted by atomic mass is 10.2. The van der Waals surface area contributed by atoms with E-state index in [9.17, 15) is 9.59 Å². The molecule has 4 rings (SSSR count). The van der Waals surface area contributed by atoms with Crippen molar-refractivity contribution in [2.75, 3.05) is 39.9 Å². The Labute approximate surface area is 283 Å². The molecule has 0 saturated carbocycles. The normalized spacial score (nSPS) is 11.0. The zero-order chi connectivity index (χ0) is 33.7. The highest BCUT2D eigenvalue weighted by atomic mass is 16.7. The molecule has 0 aliphatic heterocycles. The highest BCUT2D eigenvalue weighted by molar-refractivity contribution is 5.70. The van der Waals surface area contributed by atoms with E-state index in [2.05, 4.69) is 34.9 Å². The summed E-state index contributed by atoms with van der Waals surface area (Å²) >= 11 is 0. The summed E-state index contributed by atoms with van der Waals surface area (Å²) in [6, 6.07) is 39.6. The highest BCUT2D eigenvalue weighted by Crippen LogP contribution is 2.03. The van der Waals surface area contributed by atoms with Crippen molar-refractivity contribution in [2.24, 2.45) is 0 Å². The van der Waals surface area contributed by atoms with Gasteiger partial charge in [0.05, 0.1) is 19.9 Å². The molecule has 248 valence electrons. The lowest BCUT2D eigenvalue weighted by Gasteiger charge is -2.07. The number of rotatable bonds is 16. The first-order chi connectivity index (χ1) is 23.7. The third-order valence-corrected chi connectivity index (χ3v) is 6.12. The van der Waals surface area contributed by atoms with Crippen LogP contribution in [0.2, 0.25) is 0 Å². The van der Waals surface area contributed by atoms with E-state index in [4.69, 9.17) is 18.9 Å². The van der Waals surface area contributed by atoms with Gasteiger partial charge in [0, 0.05) is 0 Å². The Hall–Kier alpha value is -5.70. The summed E-state index contributed by atoms with van der Waals surface area (Å²) in [6.45, 7) is 1.60. The first kappa shape index (κ1) is 36.8. The zero-order valence-corrected chi connectivity index (χ0v) is 26.9. The molecule has 0 aliphatic rings. The van der Waals surface area contributed by atoms with E-state index in [0.29, 0.717) is 20.0 Å². The molecule has 2 N–H and O–H groups in total. The summed E-state index contributed by atoms with van der Waals surface area (Å²) < 4.78 is 20.6. The van der Waals surface area contributed by atoms with Gasteiger partial charge >= 0.3 is 12.2 Å². The quantitative estimate of drug-likeness (QED) is 0.0941. The Kier molecular flexibility index (Phi) is 18.8. The standard InChI is InChI=1S/C21H22N2O4.C19H20O2/c24-20(26-15-7-13-18-9-3-1-4-10-18)22-17-23-21(25)27-16-8-14-19-11-5-2-6-12-19;1-3-9-18(10-4-1)13-7-15-20-17-21-16-8-14-19-11-5-2-6-12-19/h1-14H,15-17H2,(H,22,24)(H,23,25);1-14H,15-17H2/b2*13-7+,14-8+. The van der Waals surface area contributed by atoms with Gasteiger partial charge in [-0.15, -0.1) is 0 Å². The second-order valence-corrected chi connectivity index (χ2v) is 9.84. The van der Waals surface area contributed by atoms with Crippen LogP contribution in [0, 0.1) is 0 Å². The third-order valence-electron chi connectivity index (χ3n) is 6.12. The van der Waals surface area contributed by atoms with Crippen molar-refractivity contribution >= 4 is 36.5 Å². The molecular formula is C40H42N2O6. The molecule has 48 heavy (non-hydrogen) atoms. The molecule has 0 atom stereocenters. The number of ether oxygens (including phenoxy) is 4. The van der Waals surface area contributed by atoms with Gasteiger partial charge in [-0.3, -0.25) is 0 Å². The Bertz CT molecular complexity index is 1420. The number of carbonyl (C=O) groups is 2. The maximum atomic E-state index is 11.5. The molecular weight excluding hydrogens is 604 g/mol. The maximum absolute atomic E-state index is 11.5. The monoisotopic (exact) mass is 646 g/mol. The van der Waals surface area contributed by atoms with Gasteiger partial charge in [0.2, 0.25) is 0 Å². The molecule has 0 aliphatic carbocycles.